The first-order valence-corrected chi connectivity index (χ1v) is 4.41. The van der Waals surface area contributed by atoms with Crippen LogP contribution in [-0.2, 0) is 0 Å². The molecule has 2 aliphatic heterocycles. The summed E-state index contributed by atoms with van der Waals surface area (Å²) < 4.78 is 0. The fourth-order valence-corrected chi connectivity index (χ4v) is 2.18. The van der Waals surface area contributed by atoms with Gasteiger partial charge < -0.3 is 10.6 Å². The fraction of sp³-hybridized carbons (Fsp3) is 1.00. The molecule has 0 aromatic carbocycles. The Bertz CT molecular complexity index is 102. The van der Waals surface area contributed by atoms with Crippen molar-refractivity contribution in [2.75, 3.05) is 19.6 Å². The van der Waals surface area contributed by atoms with Crippen molar-refractivity contribution in [1.29, 1.82) is 0 Å². The maximum absolute atomic E-state index is 3.56. The van der Waals surface area contributed by atoms with Gasteiger partial charge in [-0.3, -0.25) is 0 Å². The van der Waals surface area contributed by atoms with Gasteiger partial charge in [0.05, 0.1) is 0 Å². The lowest BCUT2D eigenvalue weighted by molar-refractivity contribution is 0.436. The van der Waals surface area contributed by atoms with Crippen LogP contribution >= 0.6 is 0 Å². The van der Waals surface area contributed by atoms with Gasteiger partial charge in [0.2, 0.25) is 0 Å². The molecule has 2 rings (SSSR count). The van der Waals surface area contributed by atoms with E-state index in [1.54, 1.807) is 0 Å². The Morgan fingerprint density at radius 2 is 1.70 bits per heavy atom. The van der Waals surface area contributed by atoms with E-state index in [2.05, 4.69) is 10.6 Å². The number of rotatable bonds is 0. The molecule has 0 aromatic rings. The molecule has 0 aromatic heterocycles. The number of hydrogen-bond donors (Lipinski definition) is 2. The van der Waals surface area contributed by atoms with Crippen LogP contribution in [0, 0.1) is 5.92 Å². The van der Waals surface area contributed by atoms with Crippen LogP contribution in [0.15, 0.2) is 0 Å². The lowest BCUT2D eigenvalue weighted by Crippen LogP contribution is -2.27. The Morgan fingerprint density at radius 3 is 2.70 bits per heavy atom. The molecule has 58 valence electrons. The predicted octanol–water partition coefficient (Wildman–Crippen LogP) is 0.348. The van der Waals surface area contributed by atoms with Crippen LogP contribution in [0.1, 0.15) is 19.3 Å². The molecule has 2 heteroatoms. The highest BCUT2D eigenvalue weighted by Gasteiger charge is 2.27. The Hall–Kier alpha value is -0.0800. The average molecular weight is 140 g/mol. The number of nitrogens with one attached hydrogen (secondary N) is 2. The van der Waals surface area contributed by atoms with Gasteiger partial charge in [0.1, 0.15) is 0 Å². The smallest absolute Gasteiger partial charge is 0.0108 e. The zero-order chi connectivity index (χ0) is 6.81. The lowest BCUT2D eigenvalue weighted by atomic mass is 9.96. The Labute approximate surface area is 62.4 Å². The van der Waals surface area contributed by atoms with Crippen LogP contribution in [0.5, 0.6) is 0 Å². The van der Waals surface area contributed by atoms with E-state index in [0.29, 0.717) is 0 Å². The van der Waals surface area contributed by atoms with Gasteiger partial charge in [-0.05, 0) is 44.8 Å². The largest absolute Gasteiger partial charge is 0.317 e. The first-order chi connectivity index (χ1) is 4.97. The van der Waals surface area contributed by atoms with Gasteiger partial charge in [-0.15, -0.1) is 0 Å². The Morgan fingerprint density at radius 1 is 0.900 bits per heavy atom. The highest BCUT2D eigenvalue weighted by Crippen LogP contribution is 2.22. The van der Waals surface area contributed by atoms with Crippen molar-refractivity contribution in [3.63, 3.8) is 0 Å². The van der Waals surface area contributed by atoms with Crippen molar-refractivity contribution in [3.05, 3.63) is 0 Å². The number of fused-ring (bicyclic) bond motifs is 1. The van der Waals surface area contributed by atoms with E-state index in [0.717, 1.165) is 12.0 Å². The van der Waals surface area contributed by atoms with Crippen molar-refractivity contribution < 1.29 is 0 Å². The molecule has 10 heavy (non-hydrogen) atoms. The number of hydrogen-bond acceptors (Lipinski definition) is 2. The molecule has 2 heterocycles. The van der Waals surface area contributed by atoms with E-state index in [1.165, 1.54) is 38.9 Å². The third-order valence-electron chi connectivity index (χ3n) is 2.81. The quantitative estimate of drug-likeness (QED) is 0.507. The molecule has 2 atom stereocenters. The molecule has 0 amide bonds. The predicted molar refractivity (Wildman–Crippen MR) is 42.0 cm³/mol. The average Bonchev–Trinajstić information content (AvgIpc) is 2.28. The Balaban J connectivity index is 1.95. The molecule has 2 nitrogen and oxygen atoms in total. The minimum absolute atomic E-state index is 0.843. The van der Waals surface area contributed by atoms with E-state index < -0.39 is 0 Å². The zero-order valence-electron chi connectivity index (χ0n) is 6.40. The summed E-state index contributed by atoms with van der Waals surface area (Å²) in [6.45, 7) is 3.71. The van der Waals surface area contributed by atoms with Crippen LogP contribution in [0.3, 0.4) is 0 Å². The van der Waals surface area contributed by atoms with Crippen molar-refractivity contribution in [3.8, 4) is 0 Å². The molecule has 2 N–H and O–H groups in total. The second-order valence-electron chi connectivity index (χ2n) is 3.44. The topological polar surface area (TPSA) is 24.1 Å². The van der Waals surface area contributed by atoms with Crippen LogP contribution in [0.4, 0.5) is 0 Å². The molecule has 0 bridgehead atoms. The van der Waals surface area contributed by atoms with Gasteiger partial charge >= 0.3 is 0 Å². The monoisotopic (exact) mass is 140 g/mol. The Kier molecular flexibility index (Phi) is 1.91. The summed E-state index contributed by atoms with van der Waals surface area (Å²) in [5, 5.41) is 6.99. The summed E-state index contributed by atoms with van der Waals surface area (Å²) in [5.41, 5.74) is 0. The fourth-order valence-electron chi connectivity index (χ4n) is 2.18. The molecular weight excluding hydrogens is 124 g/mol. The molecule has 0 spiro atoms. The molecule has 2 aliphatic rings. The van der Waals surface area contributed by atoms with Crippen molar-refractivity contribution >= 4 is 0 Å². The van der Waals surface area contributed by atoms with Gasteiger partial charge in [-0.1, -0.05) is 0 Å². The first-order valence-electron chi connectivity index (χ1n) is 4.41. The van der Waals surface area contributed by atoms with Crippen LogP contribution < -0.4 is 10.6 Å². The SMILES string of the molecule is C1CC2CCNC2CCN1. The van der Waals surface area contributed by atoms with Crippen LogP contribution in [0.25, 0.3) is 0 Å². The summed E-state index contributed by atoms with van der Waals surface area (Å²) in [4.78, 5) is 0. The van der Waals surface area contributed by atoms with E-state index in [1.807, 2.05) is 0 Å². The molecule has 2 fully saturated rings. The van der Waals surface area contributed by atoms with Gasteiger partial charge in [0, 0.05) is 6.04 Å². The highest BCUT2D eigenvalue weighted by molar-refractivity contribution is 4.86. The van der Waals surface area contributed by atoms with Crippen molar-refractivity contribution in [2.24, 2.45) is 5.92 Å². The normalized spacial score (nSPS) is 40.8. The first kappa shape index (κ1) is 6.62. The van der Waals surface area contributed by atoms with Crippen LogP contribution in [-0.4, -0.2) is 25.7 Å². The summed E-state index contributed by atoms with van der Waals surface area (Å²) in [6.07, 6.45) is 4.13. The summed E-state index contributed by atoms with van der Waals surface area (Å²) >= 11 is 0. The minimum Gasteiger partial charge on any atom is -0.317 e. The highest BCUT2D eigenvalue weighted by atomic mass is 15.0. The second-order valence-corrected chi connectivity index (χ2v) is 3.44. The molecule has 0 aliphatic carbocycles. The molecular formula is C8H16N2. The van der Waals surface area contributed by atoms with Crippen molar-refractivity contribution in [1.82, 2.24) is 10.6 Å². The third-order valence-corrected chi connectivity index (χ3v) is 2.81. The van der Waals surface area contributed by atoms with E-state index in [4.69, 9.17) is 0 Å². The van der Waals surface area contributed by atoms with Gasteiger partial charge in [0.15, 0.2) is 0 Å². The molecule has 2 unspecified atom stereocenters. The maximum Gasteiger partial charge on any atom is 0.0108 e. The van der Waals surface area contributed by atoms with E-state index >= 15 is 0 Å². The summed E-state index contributed by atoms with van der Waals surface area (Å²) in [7, 11) is 0. The summed E-state index contributed by atoms with van der Waals surface area (Å²) in [5.74, 6) is 0.981. The van der Waals surface area contributed by atoms with Gasteiger partial charge in [0.25, 0.3) is 0 Å². The molecule has 2 saturated heterocycles. The minimum atomic E-state index is 0.843. The van der Waals surface area contributed by atoms with Gasteiger partial charge in [-0.2, -0.15) is 0 Å². The van der Waals surface area contributed by atoms with Gasteiger partial charge in [-0.25, -0.2) is 0 Å². The standard InChI is InChI=1S/C8H16N2/c1-4-9-5-3-8-7(1)2-6-10-8/h7-10H,1-6H2. The third kappa shape index (κ3) is 1.18. The van der Waals surface area contributed by atoms with E-state index in [9.17, 15) is 0 Å². The molecule has 0 radical (unpaired) electrons. The maximum atomic E-state index is 3.56. The second kappa shape index (κ2) is 2.89. The van der Waals surface area contributed by atoms with Crippen LogP contribution in [0.2, 0.25) is 0 Å². The van der Waals surface area contributed by atoms with E-state index in [-0.39, 0.29) is 0 Å². The lowest BCUT2D eigenvalue weighted by Gasteiger charge is -2.13. The van der Waals surface area contributed by atoms with Crippen molar-refractivity contribution in [2.45, 2.75) is 25.3 Å². The molecule has 0 saturated carbocycles. The summed E-state index contributed by atoms with van der Waals surface area (Å²) in [6, 6.07) is 0.843. The zero-order valence-corrected chi connectivity index (χ0v) is 6.40.